The molecule has 0 saturated carbocycles. The number of amides is 1. The Morgan fingerprint density at radius 1 is 1.19 bits per heavy atom. The molecule has 166 valence electrons. The molecule has 0 fully saturated rings. The molecule has 0 bridgehead atoms. The van der Waals surface area contributed by atoms with Crippen LogP contribution in [0.25, 0.3) is 16.7 Å². The lowest BCUT2D eigenvalue weighted by Crippen LogP contribution is -2.28. The van der Waals surface area contributed by atoms with Crippen LogP contribution in [-0.2, 0) is 33.5 Å². The molecule has 0 spiro atoms. The number of sulfone groups is 1. The third kappa shape index (κ3) is 4.70. The molecule has 0 aliphatic carbocycles. The molecule has 1 N–H and O–H groups in total. The minimum Gasteiger partial charge on any atom is -0.350 e. The number of imidazole rings is 2. The average Bonchev–Trinajstić information content (AvgIpc) is 3.29. The molecule has 2 aromatic heterocycles. The molecule has 0 aliphatic rings. The zero-order valence-electron chi connectivity index (χ0n) is 17.6. The van der Waals surface area contributed by atoms with Gasteiger partial charge in [-0.1, -0.05) is 18.2 Å². The number of para-hydroxylation sites is 2. The molecule has 32 heavy (non-hydrogen) atoms. The number of aryl methyl sites for hydroxylation is 1. The number of benzene rings is 2. The molecule has 4 aromatic rings. The van der Waals surface area contributed by atoms with E-state index < -0.39 is 15.7 Å². The van der Waals surface area contributed by atoms with Gasteiger partial charge < -0.3 is 14.5 Å². The van der Waals surface area contributed by atoms with Gasteiger partial charge in [-0.3, -0.25) is 4.79 Å². The van der Waals surface area contributed by atoms with Crippen molar-refractivity contribution >= 4 is 26.8 Å². The molecule has 4 rings (SSSR count). The number of nitrogens with zero attached hydrogens (tertiary/aromatic N) is 4. The van der Waals surface area contributed by atoms with Gasteiger partial charge in [0.05, 0.1) is 16.7 Å². The van der Waals surface area contributed by atoms with E-state index in [1.54, 1.807) is 64.8 Å². The summed E-state index contributed by atoms with van der Waals surface area (Å²) in [4.78, 5) is 21.1. The van der Waals surface area contributed by atoms with Crippen LogP contribution in [0.15, 0.2) is 54.9 Å². The maximum absolute atomic E-state index is 14.6. The smallest absolute Gasteiger partial charge is 0.240 e. The number of rotatable bonds is 7. The van der Waals surface area contributed by atoms with Crippen molar-refractivity contribution < 1.29 is 17.6 Å². The van der Waals surface area contributed by atoms with Crippen molar-refractivity contribution in [1.82, 2.24) is 24.4 Å². The first kappa shape index (κ1) is 21.7. The fraction of sp³-hybridized carbons (Fsp3) is 0.227. The Bertz CT molecular complexity index is 1410. The Labute approximate surface area is 184 Å². The second-order valence-corrected chi connectivity index (χ2v) is 9.72. The van der Waals surface area contributed by atoms with Gasteiger partial charge in [0.2, 0.25) is 5.91 Å². The number of halogens is 1. The fourth-order valence-corrected chi connectivity index (χ4v) is 4.22. The second-order valence-electron chi connectivity index (χ2n) is 7.58. The van der Waals surface area contributed by atoms with Crippen LogP contribution < -0.4 is 5.32 Å². The van der Waals surface area contributed by atoms with Gasteiger partial charge in [-0.2, -0.15) is 0 Å². The number of hydrogen-bond acceptors (Lipinski definition) is 5. The predicted molar refractivity (Wildman–Crippen MR) is 118 cm³/mol. The van der Waals surface area contributed by atoms with Crippen molar-refractivity contribution in [2.45, 2.75) is 25.8 Å². The highest BCUT2D eigenvalue weighted by Gasteiger charge is 2.17. The standard InChI is InChI=1S/C22H22FN5O3S/c1-15-24-9-10-27(15)19-8-7-16(11-17(19)23)12-25-22(29)13-28-20-6-4-3-5-18(20)26-21(28)14-32(2,30)31/h3-11H,12-14H2,1-2H3,(H,25,29). The lowest BCUT2D eigenvalue weighted by molar-refractivity contribution is -0.121. The van der Waals surface area contributed by atoms with Crippen LogP contribution in [0.3, 0.4) is 0 Å². The van der Waals surface area contributed by atoms with E-state index >= 15 is 0 Å². The molecule has 10 heteroatoms. The Morgan fingerprint density at radius 3 is 2.66 bits per heavy atom. The second kappa shape index (κ2) is 8.54. The van der Waals surface area contributed by atoms with E-state index in [1.807, 2.05) is 0 Å². The van der Waals surface area contributed by atoms with Crippen molar-refractivity contribution in [2.75, 3.05) is 6.26 Å². The number of fused-ring (bicyclic) bond motifs is 1. The predicted octanol–water partition coefficient (Wildman–Crippen LogP) is 2.53. The highest BCUT2D eigenvalue weighted by Crippen LogP contribution is 2.19. The van der Waals surface area contributed by atoms with Crippen molar-refractivity contribution in [2.24, 2.45) is 0 Å². The highest BCUT2D eigenvalue weighted by molar-refractivity contribution is 7.89. The number of hydrogen-bond donors (Lipinski definition) is 1. The lowest BCUT2D eigenvalue weighted by atomic mass is 10.2. The largest absolute Gasteiger partial charge is 0.350 e. The van der Waals surface area contributed by atoms with E-state index in [4.69, 9.17) is 0 Å². The summed E-state index contributed by atoms with van der Waals surface area (Å²) in [5.74, 6) is -0.0564. The third-order valence-electron chi connectivity index (χ3n) is 5.01. The first-order chi connectivity index (χ1) is 15.2. The first-order valence-corrected chi connectivity index (χ1v) is 11.9. The number of aromatic nitrogens is 4. The number of carbonyl (C=O) groups is 1. The maximum atomic E-state index is 14.6. The van der Waals surface area contributed by atoms with E-state index in [0.717, 1.165) is 6.26 Å². The molecular weight excluding hydrogens is 433 g/mol. The first-order valence-electron chi connectivity index (χ1n) is 9.88. The number of carbonyl (C=O) groups excluding carboxylic acids is 1. The molecule has 0 aliphatic heterocycles. The normalized spacial score (nSPS) is 11.7. The van der Waals surface area contributed by atoms with Crippen LogP contribution in [0, 0.1) is 12.7 Å². The van der Waals surface area contributed by atoms with E-state index in [2.05, 4.69) is 15.3 Å². The topological polar surface area (TPSA) is 98.9 Å². The van der Waals surface area contributed by atoms with Crippen molar-refractivity contribution in [3.8, 4) is 5.69 Å². The van der Waals surface area contributed by atoms with Crippen molar-refractivity contribution in [3.63, 3.8) is 0 Å². The van der Waals surface area contributed by atoms with E-state index in [-0.39, 0.29) is 24.7 Å². The summed E-state index contributed by atoms with van der Waals surface area (Å²) in [6.07, 6.45) is 4.40. The fourth-order valence-electron chi connectivity index (χ4n) is 3.53. The molecular formula is C22H22FN5O3S. The van der Waals surface area contributed by atoms with Crippen LogP contribution in [0.4, 0.5) is 4.39 Å². The Kier molecular flexibility index (Phi) is 5.79. The molecule has 2 aromatic carbocycles. The van der Waals surface area contributed by atoms with Gasteiger partial charge in [-0.15, -0.1) is 0 Å². The van der Waals surface area contributed by atoms with Crippen LogP contribution in [0.1, 0.15) is 17.2 Å². The molecule has 8 nitrogen and oxygen atoms in total. The summed E-state index contributed by atoms with van der Waals surface area (Å²) in [5, 5.41) is 2.76. The Hall–Kier alpha value is -3.53. The monoisotopic (exact) mass is 455 g/mol. The Balaban J connectivity index is 1.49. The summed E-state index contributed by atoms with van der Waals surface area (Å²) < 4.78 is 41.4. The molecule has 0 atom stereocenters. The minimum absolute atomic E-state index is 0.0971. The molecule has 0 radical (unpaired) electrons. The molecule has 1 amide bonds. The highest BCUT2D eigenvalue weighted by atomic mass is 32.2. The third-order valence-corrected chi connectivity index (χ3v) is 5.80. The Morgan fingerprint density at radius 2 is 1.97 bits per heavy atom. The van der Waals surface area contributed by atoms with E-state index in [1.165, 1.54) is 6.07 Å². The van der Waals surface area contributed by atoms with Gasteiger partial charge in [0.25, 0.3) is 0 Å². The quantitative estimate of drug-likeness (QED) is 0.462. The van der Waals surface area contributed by atoms with Gasteiger partial charge in [-0.25, -0.2) is 22.8 Å². The van der Waals surface area contributed by atoms with E-state index in [9.17, 15) is 17.6 Å². The summed E-state index contributed by atoms with van der Waals surface area (Å²) in [5.41, 5.74) is 2.27. The summed E-state index contributed by atoms with van der Waals surface area (Å²) in [7, 11) is -3.33. The van der Waals surface area contributed by atoms with Gasteiger partial charge in [0.15, 0.2) is 9.84 Å². The summed E-state index contributed by atoms with van der Waals surface area (Å²) in [6.45, 7) is 1.82. The van der Waals surface area contributed by atoms with E-state index in [0.29, 0.717) is 33.9 Å². The zero-order chi connectivity index (χ0) is 22.9. The zero-order valence-corrected chi connectivity index (χ0v) is 18.4. The van der Waals surface area contributed by atoms with Gasteiger partial charge >= 0.3 is 0 Å². The molecule has 0 saturated heterocycles. The van der Waals surface area contributed by atoms with Gasteiger partial charge in [0.1, 0.15) is 29.8 Å². The SMILES string of the molecule is Cc1nccn1-c1ccc(CNC(=O)Cn2c(CS(C)(=O)=O)nc3ccccc32)cc1F. The van der Waals surface area contributed by atoms with Gasteiger partial charge in [-0.05, 0) is 36.8 Å². The lowest BCUT2D eigenvalue weighted by Gasteiger charge is -2.11. The summed E-state index contributed by atoms with van der Waals surface area (Å²) in [6, 6.07) is 11.9. The summed E-state index contributed by atoms with van der Waals surface area (Å²) >= 11 is 0. The van der Waals surface area contributed by atoms with Gasteiger partial charge in [0, 0.05) is 25.2 Å². The van der Waals surface area contributed by atoms with Crippen LogP contribution in [0.2, 0.25) is 0 Å². The maximum Gasteiger partial charge on any atom is 0.240 e. The molecule has 0 unspecified atom stereocenters. The number of nitrogens with one attached hydrogen (secondary N) is 1. The van der Waals surface area contributed by atoms with Crippen molar-refractivity contribution in [1.29, 1.82) is 0 Å². The minimum atomic E-state index is -3.33. The molecule has 2 heterocycles. The van der Waals surface area contributed by atoms with Crippen LogP contribution in [0.5, 0.6) is 0 Å². The van der Waals surface area contributed by atoms with Crippen LogP contribution in [-0.4, -0.2) is 39.7 Å². The van der Waals surface area contributed by atoms with Crippen LogP contribution >= 0.6 is 0 Å². The average molecular weight is 456 g/mol. The van der Waals surface area contributed by atoms with Crippen molar-refractivity contribution in [3.05, 3.63) is 77.9 Å².